The second-order valence-corrected chi connectivity index (χ2v) is 5.55. The van der Waals surface area contributed by atoms with Crippen LogP contribution in [0.15, 0.2) is 11.4 Å². The summed E-state index contributed by atoms with van der Waals surface area (Å²) in [7, 11) is 0. The Balaban J connectivity index is 2.64. The zero-order valence-corrected chi connectivity index (χ0v) is 11.5. The molecule has 0 aromatic carbocycles. The highest BCUT2D eigenvalue weighted by Crippen LogP contribution is 2.21. The predicted molar refractivity (Wildman–Crippen MR) is 71.2 cm³/mol. The lowest BCUT2D eigenvalue weighted by Gasteiger charge is -2.13. The van der Waals surface area contributed by atoms with Crippen LogP contribution in [0.3, 0.4) is 0 Å². The van der Waals surface area contributed by atoms with Crippen LogP contribution in [0.2, 0.25) is 5.02 Å². The number of nitrogens with one attached hydrogen (secondary N) is 1. The molecular weight excluding hydrogens is 282 g/mol. The lowest BCUT2D eigenvalue weighted by atomic mass is 10.2. The van der Waals surface area contributed by atoms with E-state index in [4.69, 9.17) is 16.7 Å². The number of carbonyl (C=O) groups is 2. The summed E-state index contributed by atoms with van der Waals surface area (Å²) in [5, 5.41) is 13.5. The molecule has 1 aromatic heterocycles. The summed E-state index contributed by atoms with van der Waals surface area (Å²) in [6.07, 6.45) is 2.28. The van der Waals surface area contributed by atoms with E-state index in [2.05, 4.69) is 5.32 Å². The molecule has 0 saturated carbocycles. The number of carboxylic acid groups (broad SMARTS) is 1. The Bertz CT molecular complexity index is 408. The summed E-state index contributed by atoms with van der Waals surface area (Å²) < 4.78 is 0. The molecule has 0 aliphatic carbocycles. The van der Waals surface area contributed by atoms with Gasteiger partial charge in [-0.25, -0.2) is 4.79 Å². The lowest BCUT2D eigenvalue weighted by molar-refractivity contribution is -0.139. The van der Waals surface area contributed by atoms with Gasteiger partial charge in [0.15, 0.2) is 0 Å². The maximum atomic E-state index is 11.7. The summed E-state index contributed by atoms with van der Waals surface area (Å²) in [5.74, 6) is -0.784. The standard InChI is InChI=1S/C10H12ClNO3S2/c1-16-4-3-7(10(14)15)12-9(13)8-6(11)2-5-17-8/h2,5,7H,3-4H2,1H3,(H,12,13)(H,14,15)/t7-/m1/s1. The second kappa shape index (κ2) is 6.88. The van der Waals surface area contributed by atoms with Gasteiger partial charge in [0.05, 0.1) is 5.02 Å². The number of amides is 1. The number of halogens is 1. The van der Waals surface area contributed by atoms with E-state index in [1.165, 1.54) is 23.1 Å². The molecule has 1 rings (SSSR count). The van der Waals surface area contributed by atoms with Crippen molar-refractivity contribution in [3.63, 3.8) is 0 Å². The Labute approximate surface area is 112 Å². The Morgan fingerprint density at radius 2 is 2.35 bits per heavy atom. The summed E-state index contributed by atoms with van der Waals surface area (Å²) in [6, 6.07) is 0.742. The molecule has 4 nitrogen and oxygen atoms in total. The van der Waals surface area contributed by atoms with Gasteiger partial charge in [0.1, 0.15) is 10.9 Å². The minimum Gasteiger partial charge on any atom is -0.480 e. The van der Waals surface area contributed by atoms with E-state index in [1.807, 2.05) is 6.26 Å². The fourth-order valence-corrected chi connectivity index (χ4v) is 2.69. The fraction of sp³-hybridized carbons (Fsp3) is 0.400. The molecule has 0 unspecified atom stereocenters. The Kier molecular flexibility index (Phi) is 5.80. The maximum absolute atomic E-state index is 11.7. The molecule has 0 spiro atoms. The van der Waals surface area contributed by atoms with E-state index in [0.717, 1.165) is 0 Å². The van der Waals surface area contributed by atoms with Gasteiger partial charge in [-0.05, 0) is 29.9 Å². The zero-order chi connectivity index (χ0) is 12.8. The molecule has 0 saturated heterocycles. The van der Waals surface area contributed by atoms with Gasteiger partial charge in [-0.2, -0.15) is 11.8 Å². The Hall–Kier alpha value is -0.720. The molecule has 0 fully saturated rings. The monoisotopic (exact) mass is 293 g/mol. The third-order valence-electron chi connectivity index (χ3n) is 2.04. The van der Waals surface area contributed by atoms with Crippen molar-refractivity contribution in [1.82, 2.24) is 5.32 Å². The third kappa shape index (κ3) is 4.22. The van der Waals surface area contributed by atoms with Crippen molar-refractivity contribution in [2.45, 2.75) is 12.5 Å². The van der Waals surface area contributed by atoms with Crippen LogP contribution in [0.25, 0.3) is 0 Å². The van der Waals surface area contributed by atoms with Crippen LogP contribution in [0.5, 0.6) is 0 Å². The molecule has 0 radical (unpaired) electrons. The molecular formula is C10H12ClNO3S2. The average molecular weight is 294 g/mol. The van der Waals surface area contributed by atoms with E-state index < -0.39 is 17.9 Å². The molecule has 0 aliphatic rings. The molecule has 1 atom stereocenters. The SMILES string of the molecule is CSCC[C@@H](NC(=O)c1sccc1Cl)C(=O)O. The highest BCUT2D eigenvalue weighted by molar-refractivity contribution is 7.98. The van der Waals surface area contributed by atoms with Crippen LogP contribution in [0.4, 0.5) is 0 Å². The maximum Gasteiger partial charge on any atom is 0.326 e. The van der Waals surface area contributed by atoms with Gasteiger partial charge in [-0.3, -0.25) is 4.79 Å². The third-order valence-corrected chi connectivity index (χ3v) is 4.02. The minimum absolute atomic E-state index is 0.349. The quantitative estimate of drug-likeness (QED) is 0.845. The van der Waals surface area contributed by atoms with Crippen LogP contribution in [0.1, 0.15) is 16.1 Å². The number of thioether (sulfide) groups is 1. The summed E-state index contributed by atoms with van der Waals surface area (Å²) in [5.41, 5.74) is 0. The molecule has 1 heterocycles. The number of carboxylic acids is 1. The van der Waals surface area contributed by atoms with Gasteiger partial charge >= 0.3 is 5.97 Å². The van der Waals surface area contributed by atoms with Gasteiger partial charge in [0.25, 0.3) is 5.91 Å². The summed E-state index contributed by atoms with van der Waals surface area (Å²) in [4.78, 5) is 23.0. The molecule has 0 bridgehead atoms. The molecule has 1 amide bonds. The van der Waals surface area contributed by atoms with Crippen molar-refractivity contribution in [1.29, 1.82) is 0 Å². The topological polar surface area (TPSA) is 66.4 Å². The highest BCUT2D eigenvalue weighted by Gasteiger charge is 2.21. The highest BCUT2D eigenvalue weighted by atomic mass is 35.5. The normalized spacial score (nSPS) is 12.1. The van der Waals surface area contributed by atoms with E-state index in [9.17, 15) is 9.59 Å². The van der Waals surface area contributed by atoms with Crippen LogP contribution in [-0.2, 0) is 4.79 Å². The number of carbonyl (C=O) groups excluding carboxylic acids is 1. The first kappa shape index (κ1) is 14.3. The van der Waals surface area contributed by atoms with Crippen molar-refractivity contribution in [2.24, 2.45) is 0 Å². The van der Waals surface area contributed by atoms with E-state index in [0.29, 0.717) is 22.1 Å². The predicted octanol–water partition coefficient (Wildman–Crippen LogP) is 2.34. The molecule has 1 aromatic rings. The van der Waals surface area contributed by atoms with E-state index in [1.54, 1.807) is 11.4 Å². The molecule has 2 N–H and O–H groups in total. The first-order chi connectivity index (χ1) is 8.06. The first-order valence-corrected chi connectivity index (χ1v) is 7.47. The number of hydrogen-bond donors (Lipinski definition) is 2. The summed E-state index contributed by atoms with van der Waals surface area (Å²) >= 11 is 8.53. The van der Waals surface area contributed by atoms with Crippen LogP contribution in [0, 0.1) is 0 Å². The molecule has 7 heteroatoms. The van der Waals surface area contributed by atoms with Crippen LogP contribution < -0.4 is 5.32 Å². The van der Waals surface area contributed by atoms with E-state index in [-0.39, 0.29) is 0 Å². The lowest BCUT2D eigenvalue weighted by Crippen LogP contribution is -2.41. The fourth-order valence-electron chi connectivity index (χ4n) is 1.17. The van der Waals surface area contributed by atoms with Gasteiger partial charge < -0.3 is 10.4 Å². The number of thiophene rings is 1. The minimum atomic E-state index is -1.03. The molecule has 17 heavy (non-hydrogen) atoms. The van der Waals surface area contributed by atoms with Crippen molar-refractivity contribution in [2.75, 3.05) is 12.0 Å². The Morgan fingerprint density at radius 1 is 1.65 bits per heavy atom. The smallest absolute Gasteiger partial charge is 0.326 e. The number of aliphatic carboxylic acids is 1. The van der Waals surface area contributed by atoms with Crippen molar-refractivity contribution >= 4 is 46.6 Å². The average Bonchev–Trinajstić information content (AvgIpc) is 2.70. The van der Waals surface area contributed by atoms with Gasteiger partial charge in [0, 0.05) is 0 Å². The van der Waals surface area contributed by atoms with Crippen molar-refractivity contribution in [3.8, 4) is 0 Å². The van der Waals surface area contributed by atoms with Gasteiger partial charge in [-0.15, -0.1) is 11.3 Å². The van der Waals surface area contributed by atoms with Crippen LogP contribution >= 0.6 is 34.7 Å². The Morgan fingerprint density at radius 3 is 2.82 bits per heavy atom. The van der Waals surface area contributed by atoms with E-state index >= 15 is 0 Å². The number of hydrogen-bond acceptors (Lipinski definition) is 4. The largest absolute Gasteiger partial charge is 0.480 e. The molecule has 94 valence electrons. The summed E-state index contributed by atoms with van der Waals surface area (Å²) in [6.45, 7) is 0. The second-order valence-electron chi connectivity index (χ2n) is 3.24. The van der Waals surface area contributed by atoms with Gasteiger partial charge in [-0.1, -0.05) is 11.6 Å². The van der Waals surface area contributed by atoms with Crippen molar-refractivity contribution in [3.05, 3.63) is 21.3 Å². The zero-order valence-electron chi connectivity index (χ0n) is 9.10. The first-order valence-electron chi connectivity index (χ1n) is 4.82. The van der Waals surface area contributed by atoms with Crippen LogP contribution in [-0.4, -0.2) is 35.0 Å². The molecule has 0 aliphatic heterocycles. The van der Waals surface area contributed by atoms with Gasteiger partial charge in [0.2, 0.25) is 0 Å². The van der Waals surface area contributed by atoms with Crippen molar-refractivity contribution < 1.29 is 14.7 Å². The number of rotatable bonds is 6.